The molecule has 1 aliphatic heterocycles. The summed E-state index contributed by atoms with van der Waals surface area (Å²) in [6.45, 7) is 0.725. The van der Waals surface area contributed by atoms with Gasteiger partial charge in [-0.15, -0.1) is 0 Å². The molecule has 2 amide bonds. The molecule has 1 aromatic carbocycles. The lowest BCUT2D eigenvalue weighted by Gasteiger charge is -2.34. The van der Waals surface area contributed by atoms with E-state index in [2.05, 4.69) is 10.3 Å². The third-order valence-electron chi connectivity index (χ3n) is 5.06. The number of anilines is 1. The lowest BCUT2D eigenvalue weighted by atomic mass is 10.2. The summed E-state index contributed by atoms with van der Waals surface area (Å²) in [5.41, 5.74) is -0.0861. The van der Waals surface area contributed by atoms with Gasteiger partial charge in [0.2, 0.25) is 10.0 Å². The molecule has 0 bridgehead atoms. The normalized spacial score (nSPS) is 15.5. The number of alkyl halides is 3. The number of nitrogens with zero attached hydrogens (tertiary/aromatic N) is 4. The molecule has 1 saturated heterocycles. The zero-order chi connectivity index (χ0) is 23.5. The third kappa shape index (κ3) is 5.49. The Labute approximate surface area is 184 Å². The topological polar surface area (TPSA) is 85.9 Å². The van der Waals surface area contributed by atoms with Gasteiger partial charge in [0.05, 0.1) is 10.5 Å². The summed E-state index contributed by atoms with van der Waals surface area (Å²) in [5, 5.41) is 2.78. The van der Waals surface area contributed by atoms with Gasteiger partial charge in [-0.05, 0) is 35.9 Å². The van der Waals surface area contributed by atoms with E-state index >= 15 is 0 Å². The summed E-state index contributed by atoms with van der Waals surface area (Å²) in [4.78, 5) is 19.8. The first-order valence-electron chi connectivity index (χ1n) is 9.81. The van der Waals surface area contributed by atoms with Crippen LogP contribution in [0.4, 0.5) is 23.8 Å². The van der Waals surface area contributed by atoms with Crippen molar-refractivity contribution >= 4 is 21.9 Å². The molecule has 0 atom stereocenters. The second-order valence-electron chi connectivity index (χ2n) is 7.49. The predicted molar refractivity (Wildman–Crippen MR) is 113 cm³/mol. The summed E-state index contributed by atoms with van der Waals surface area (Å²) in [7, 11) is -0.192. The van der Waals surface area contributed by atoms with Gasteiger partial charge in [-0.1, -0.05) is 6.07 Å². The summed E-state index contributed by atoms with van der Waals surface area (Å²) >= 11 is 0. The molecule has 0 aliphatic carbocycles. The van der Waals surface area contributed by atoms with Gasteiger partial charge in [-0.3, -0.25) is 0 Å². The molecular formula is C20H24F3N5O3S. The second kappa shape index (κ2) is 9.33. The summed E-state index contributed by atoms with van der Waals surface area (Å²) in [6, 6.07) is 6.77. The van der Waals surface area contributed by atoms with Crippen LogP contribution in [0.3, 0.4) is 0 Å². The fourth-order valence-electron chi connectivity index (χ4n) is 3.17. The van der Waals surface area contributed by atoms with Crippen LogP contribution in [0.2, 0.25) is 0 Å². The van der Waals surface area contributed by atoms with Crippen LogP contribution >= 0.6 is 0 Å². The number of carbonyl (C=O) groups excluding carboxylic acids is 1. The number of rotatable bonds is 5. The standard InChI is InChI=1S/C20H24F3N5O3S/c1-26(2)18-8-3-15(13-24-18)14-25-19(29)27-9-11-28(12-10-27)32(30,31)17-6-4-16(5-7-17)20(21,22)23/h3-8,13H,9-12,14H2,1-2H3,(H,25,29). The van der Waals surface area contributed by atoms with Crippen LogP contribution in [-0.4, -0.2) is 68.9 Å². The highest BCUT2D eigenvalue weighted by Gasteiger charge is 2.33. The van der Waals surface area contributed by atoms with Crippen LogP contribution in [0.25, 0.3) is 0 Å². The summed E-state index contributed by atoms with van der Waals surface area (Å²) in [5.74, 6) is 0.797. The maximum absolute atomic E-state index is 12.7. The Hall–Kier alpha value is -2.86. The van der Waals surface area contributed by atoms with E-state index in [9.17, 15) is 26.4 Å². The Balaban J connectivity index is 1.54. The molecule has 32 heavy (non-hydrogen) atoms. The van der Waals surface area contributed by atoms with Crippen LogP contribution < -0.4 is 10.2 Å². The van der Waals surface area contributed by atoms with Crippen molar-refractivity contribution in [3.8, 4) is 0 Å². The fourth-order valence-corrected chi connectivity index (χ4v) is 4.59. The van der Waals surface area contributed by atoms with E-state index in [-0.39, 0.29) is 43.7 Å². The van der Waals surface area contributed by atoms with Crippen molar-refractivity contribution in [1.29, 1.82) is 0 Å². The number of halogens is 3. The average Bonchev–Trinajstić information content (AvgIpc) is 2.77. The van der Waals surface area contributed by atoms with Crippen molar-refractivity contribution in [1.82, 2.24) is 19.5 Å². The number of hydrogen-bond acceptors (Lipinski definition) is 5. The highest BCUT2D eigenvalue weighted by atomic mass is 32.2. The summed E-state index contributed by atoms with van der Waals surface area (Å²) in [6.07, 6.45) is -2.87. The maximum Gasteiger partial charge on any atom is 0.416 e. The molecule has 0 unspecified atom stereocenters. The molecule has 1 N–H and O–H groups in total. The van der Waals surface area contributed by atoms with Crippen molar-refractivity contribution in [2.75, 3.05) is 45.2 Å². The number of benzene rings is 1. The van der Waals surface area contributed by atoms with Crippen LogP contribution in [0.1, 0.15) is 11.1 Å². The van der Waals surface area contributed by atoms with E-state index in [1.807, 2.05) is 31.1 Å². The van der Waals surface area contributed by atoms with Crippen LogP contribution in [0, 0.1) is 0 Å². The molecule has 2 heterocycles. The number of aromatic nitrogens is 1. The number of pyridine rings is 1. The Kier molecular flexibility index (Phi) is 6.94. The Morgan fingerprint density at radius 1 is 1.06 bits per heavy atom. The van der Waals surface area contributed by atoms with Gasteiger partial charge >= 0.3 is 12.2 Å². The van der Waals surface area contributed by atoms with E-state index in [4.69, 9.17) is 0 Å². The van der Waals surface area contributed by atoms with E-state index in [0.717, 1.165) is 35.6 Å². The monoisotopic (exact) mass is 471 g/mol. The SMILES string of the molecule is CN(C)c1ccc(CNC(=O)N2CCN(S(=O)(=O)c3ccc(C(F)(F)F)cc3)CC2)cn1. The van der Waals surface area contributed by atoms with E-state index < -0.39 is 21.8 Å². The summed E-state index contributed by atoms with van der Waals surface area (Å²) < 4.78 is 64.7. The van der Waals surface area contributed by atoms with Gasteiger partial charge in [0.1, 0.15) is 5.82 Å². The molecule has 174 valence electrons. The van der Waals surface area contributed by atoms with Gasteiger partial charge in [-0.2, -0.15) is 17.5 Å². The second-order valence-corrected chi connectivity index (χ2v) is 9.43. The number of hydrogen-bond donors (Lipinski definition) is 1. The van der Waals surface area contributed by atoms with Crippen molar-refractivity contribution in [3.05, 3.63) is 53.7 Å². The molecule has 1 aromatic heterocycles. The molecule has 0 saturated carbocycles. The number of urea groups is 1. The first kappa shape index (κ1) is 23.8. The number of carbonyl (C=O) groups is 1. The molecule has 8 nitrogen and oxygen atoms in total. The number of piperazine rings is 1. The number of sulfonamides is 1. The van der Waals surface area contributed by atoms with E-state index in [1.54, 1.807) is 6.20 Å². The maximum atomic E-state index is 12.7. The van der Waals surface area contributed by atoms with E-state index in [0.29, 0.717) is 0 Å². The van der Waals surface area contributed by atoms with Gasteiger partial charge in [0.25, 0.3) is 0 Å². The highest BCUT2D eigenvalue weighted by Crippen LogP contribution is 2.30. The molecule has 3 rings (SSSR count). The van der Waals surface area contributed by atoms with Crippen LogP contribution in [0.15, 0.2) is 47.5 Å². The van der Waals surface area contributed by atoms with Crippen molar-refractivity contribution < 1.29 is 26.4 Å². The molecule has 2 aromatic rings. The average molecular weight is 472 g/mol. The van der Waals surface area contributed by atoms with Crippen LogP contribution in [0.5, 0.6) is 0 Å². The number of nitrogens with one attached hydrogen (secondary N) is 1. The first-order valence-corrected chi connectivity index (χ1v) is 11.2. The number of amides is 2. The van der Waals surface area contributed by atoms with E-state index in [1.165, 1.54) is 9.21 Å². The zero-order valence-electron chi connectivity index (χ0n) is 17.6. The smallest absolute Gasteiger partial charge is 0.363 e. The molecule has 0 radical (unpaired) electrons. The Bertz CT molecular complexity index is 1030. The first-order chi connectivity index (χ1) is 15.0. The third-order valence-corrected chi connectivity index (χ3v) is 6.97. The van der Waals surface area contributed by atoms with Crippen LogP contribution in [-0.2, 0) is 22.7 Å². The Morgan fingerprint density at radius 3 is 2.19 bits per heavy atom. The zero-order valence-corrected chi connectivity index (χ0v) is 18.4. The Morgan fingerprint density at radius 2 is 1.69 bits per heavy atom. The molecule has 1 aliphatic rings. The lowest BCUT2D eigenvalue weighted by Crippen LogP contribution is -2.52. The minimum Gasteiger partial charge on any atom is -0.363 e. The predicted octanol–water partition coefficient (Wildman–Crippen LogP) is 2.38. The van der Waals surface area contributed by atoms with Crippen molar-refractivity contribution in [2.24, 2.45) is 0 Å². The van der Waals surface area contributed by atoms with Crippen molar-refractivity contribution in [2.45, 2.75) is 17.6 Å². The fraction of sp³-hybridized carbons (Fsp3) is 0.400. The van der Waals surface area contributed by atoms with Gasteiger partial charge in [0, 0.05) is 53.0 Å². The molecule has 12 heteroatoms. The van der Waals surface area contributed by atoms with Gasteiger partial charge < -0.3 is 15.1 Å². The van der Waals surface area contributed by atoms with Gasteiger partial charge in [0.15, 0.2) is 0 Å². The minimum atomic E-state index is -4.54. The minimum absolute atomic E-state index is 0.0515. The molecular weight excluding hydrogens is 447 g/mol. The molecule has 0 spiro atoms. The quantitative estimate of drug-likeness (QED) is 0.724. The lowest BCUT2D eigenvalue weighted by molar-refractivity contribution is -0.137. The van der Waals surface area contributed by atoms with Gasteiger partial charge in [-0.25, -0.2) is 18.2 Å². The largest absolute Gasteiger partial charge is 0.416 e. The highest BCUT2D eigenvalue weighted by molar-refractivity contribution is 7.89. The van der Waals surface area contributed by atoms with Crippen molar-refractivity contribution in [3.63, 3.8) is 0 Å². The molecule has 1 fully saturated rings.